The highest BCUT2D eigenvalue weighted by Crippen LogP contribution is 2.25. The zero-order valence-corrected chi connectivity index (χ0v) is 8.62. The molecule has 1 rings (SSSR count). The molecule has 1 aliphatic heterocycles. The zero-order valence-electron chi connectivity index (χ0n) is 8.62. The summed E-state index contributed by atoms with van der Waals surface area (Å²) in [6.07, 6.45) is 0.632. The summed E-state index contributed by atoms with van der Waals surface area (Å²) >= 11 is 0. The van der Waals surface area contributed by atoms with Crippen LogP contribution in [-0.2, 0) is 9.59 Å². The summed E-state index contributed by atoms with van der Waals surface area (Å²) in [5.74, 6) is -0.554. The quantitative estimate of drug-likeness (QED) is 0.605. The van der Waals surface area contributed by atoms with Crippen LogP contribution in [0.1, 0.15) is 13.3 Å². The predicted octanol–water partition coefficient (Wildman–Crippen LogP) is -0.647. The number of carbonyl (C=O) groups is 2. The van der Waals surface area contributed by atoms with E-state index in [1.54, 1.807) is 4.90 Å². The Balaban J connectivity index is 2.65. The summed E-state index contributed by atoms with van der Waals surface area (Å²) < 4.78 is 0. The summed E-state index contributed by atoms with van der Waals surface area (Å²) in [4.78, 5) is 24.1. The fourth-order valence-electron chi connectivity index (χ4n) is 1.79. The Morgan fingerprint density at radius 2 is 2.36 bits per heavy atom. The number of likely N-dealkylation sites (tertiary alicyclic amines) is 1. The molecular weight excluding hydrogens is 179 g/mol. The van der Waals surface area contributed by atoms with Crippen LogP contribution < -0.4 is 5.32 Å². The topological polar surface area (TPSA) is 49.4 Å². The molecule has 2 atom stereocenters. The molecule has 0 aromatic heterocycles. The van der Waals surface area contributed by atoms with Gasteiger partial charge in [0.05, 0.1) is 14.4 Å². The lowest BCUT2D eigenvalue weighted by atomic mass is 9.85. The smallest absolute Gasteiger partial charge is 0.217 e. The molecule has 0 aliphatic carbocycles. The van der Waals surface area contributed by atoms with Gasteiger partial charge in [-0.15, -0.1) is 0 Å². The molecule has 0 aromatic carbocycles. The molecule has 0 saturated carbocycles. The number of nitrogens with zero attached hydrogens (tertiary/aromatic N) is 1. The Morgan fingerprint density at radius 3 is 2.86 bits per heavy atom. The molecule has 1 saturated heterocycles. The van der Waals surface area contributed by atoms with E-state index >= 15 is 0 Å². The monoisotopic (exact) mass is 194 g/mol. The molecule has 1 N–H and O–H groups in total. The van der Waals surface area contributed by atoms with Crippen molar-refractivity contribution >= 4 is 19.5 Å². The van der Waals surface area contributed by atoms with Crippen LogP contribution in [-0.4, -0.2) is 50.6 Å². The first-order chi connectivity index (χ1) is 6.56. The van der Waals surface area contributed by atoms with E-state index < -0.39 is 5.82 Å². The second-order valence-corrected chi connectivity index (χ2v) is 3.72. The van der Waals surface area contributed by atoms with Crippen LogP contribution in [0.2, 0.25) is 5.82 Å². The van der Waals surface area contributed by atoms with Crippen molar-refractivity contribution in [3.05, 3.63) is 0 Å². The molecule has 1 amide bonds. The number of amides is 1. The highest BCUT2D eigenvalue weighted by Gasteiger charge is 2.36. The van der Waals surface area contributed by atoms with Crippen molar-refractivity contribution in [1.29, 1.82) is 0 Å². The van der Waals surface area contributed by atoms with Crippen LogP contribution in [0, 0.1) is 0 Å². The van der Waals surface area contributed by atoms with Crippen LogP contribution >= 0.6 is 0 Å². The van der Waals surface area contributed by atoms with Crippen molar-refractivity contribution in [2.75, 3.05) is 20.1 Å². The number of Topliss-reactive ketones (excluding diaryl/α,β-unsaturated/α-hetero) is 1. The van der Waals surface area contributed by atoms with Gasteiger partial charge in [-0.1, -0.05) is 0 Å². The molecule has 4 nitrogen and oxygen atoms in total. The van der Waals surface area contributed by atoms with E-state index in [4.69, 9.17) is 7.85 Å². The highest BCUT2D eigenvalue weighted by molar-refractivity contribution is 6.24. The lowest BCUT2D eigenvalue weighted by Gasteiger charge is -2.23. The van der Waals surface area contributed by atoms with Gasteiger partial charge in [-0.05, 0) is 20.4 Å². The minimum Gasteiger partial charge on any atom is -0.332 e. The van der Waals surface area contributed by atoms with E-state index in [2.05, 4.69) is 5.32 Å². The SMILES string of the molecule is [B][C@@H]1C[C@@H](CNC)N(CC(C)=O)C1=O. The van der Waals surface area contributed by atoms with E-state index in [1.165, 1.54) is 6.92 Å². The maximum Gasteiger partial charge on any atom is 0.217 e. The lowest BCUT2D eigenvalue weighted by molar-refractivity contribution is -0.132. The minimum atomic E-state index is -0.437. The molecule has 0 spiro atoms. The third kappa shape index (κ3) is 2.35. The van der Waals surface area contributed by atoms with E-state index in [9.17, 15) is 9.59 Å². The van der Waals surface area contributed by atoms with E-state index in [-0.39, 0.29) is 24.3 Å². The zero-order chi connectivity index (χ0) is 10.7. The van der Waals surface area contributed by atoms with Crippen LogP contribution in [0.3, 0.4) is 0 Å². The van der Waals surface area contributed by atoms with Crippen molar-refractivity contribution < 1.29 is 9.59 Å². The number of carbonyl (C=O) groups excluding carboxylic acids is 2. The minimum absolute atomic E-state index is 0.00597. The van der Waals surface area contributed by atoms with Gasteiger partial charge in [-0.2, -0.15) is 0 Å². The number of hydrogen-bond donors (Lipinski definition) is 1. The second kappa shape index (κ2) is 4.60. The Bertz CT molecular complexity index is 245. The molecule has 5 heteroatoms. The van der Waals surface area contributed by atoms with Gasteiger partial charge in [0.25, 0.3) is 0 Å². The maximum atomic E-state index is 11.5. The molecule has 0 bridgehead atoms. The third-order valence-corrected chi connectivity index (χ3v) is 2.40. The van der Waals surface area contributed by atoms with Gasteiger partial charge in [0.1, 0.15) is 5.78 Å². The van der Waals surface area contributed by atoms with Gasteiger partial charge < -0.3 is 10.2 Å². The standard InChI is InChI=1S/C9H15BN2O2/c1-6(13)5-12-7(4-11-2)3-8(10)9(12)14/h7-8,11H,3-5H2,1-2H3/t7-,8+/m0/s1. The fraction of sp³-hybridized carbons (Fsp3) is 0.778. The lowest BCUT2D eigenvalue weighted by Crippen LogP contribution is -2.41. The van der Waals surface area contributed by atoms with Crippen LogP contribution in [0.15, 0.2) is 0 Å². The first-order valence-corrected chi connectivity index (χ1v) is 4.76. The van der Waals surface area contributed by atoms with Crippen molar-refractivity contribution in [3.63, 3.8) is 0 Å². The van der Waals surface area contributed by atoms with Crippen molar-refractivity contribution in [1.82, 2.24) is 10.2 Å². The van der Waals surface area contributed by atoms with Gasteiger partial charge in [-0.25, -0.2) is 0 Å². The average molecular weight is 194 g/mol. The number of nitrogens with one attached hydrogen (secondary N) is 1. The summed E-state index contributed by atoms with van der Waals surface area (Å²) in [7, 11) is 7.45. The Hall–Kier alpha value is -0.835. The number of ketones is 1. The fourth-order valence-corrected chi connectivity index (χ4v) is 1.79. The summed E-state index contributed by atoms with van der Waals surface area (Å²) in [5, 5.41) is 2.99. The molecule has 14 heavy (non-hydrogen) atoms. The number of hydrogen-bond acceptors (Lipinski definition) is 3. The second-order valence-electron chi connectivity index (χ2n) is 3.72. The number of likely N-dealkylation sites (N-methyl/N-ethyl adjacent to an activating group) is 1. The Morgan fingerprint density at radius 1 is 1.71 bits per heavy atom. The molecule has 1 heterocycles. The molecule has 1 fully saturated rings. The summed E-state index contributed by atoms with van der Waals surface area (Å²) in [6, 6.07) is 0.0615. The van der Waals surface area contributed by atoms with Crippen molar-refractivity contribution in [2.45, 2.75) is 25.2 Å². The molecule has 76 valence electrons. The molecule has 0 unspecified atom stereocenters. The average Bonchev–Trinajstić information content (AvgIpc) is 2.33. The van der Waals surface area contributed by atoms with Gasteiger partial charge in [0.2, 0.25) is 5.91 Å². The van der Waals surface area contributed by atoms with Crippen LogP contribution in [0.25, 0.3) is 0 Å². The Labute approximate surface area is 85.4 Å². The molecule has 2 radical (unpaired) electrons. The molecule has 1 aliphatic rings. The first kappa shape index (κ1) is 11.2. The maximum absolute atomic E-state index is 11.5. The van der Waals surface area contributed by atoms with Crippen LogP contribution in [0.5, 0.6) is 0 Å². The van der Waals surface area contributed by atoms with Gasteiger partial charge >= 0.3 is 0 Å². The van der Waals surface area contributed by atoms with Crippen molar-refractivity contribution in [2.24, 2.45) is 0 Å². The summed E-state index contributed by atoms with van der Waals surface area (Å²) in [5.41, 5.74) is 0. The van der Waals surface area contributed by atoms with Crippen LogP contribution in [0.4, 0.5) is 0 Å². The third-order valence-electron chi connectivity index (χ3n) is 2.40. The van der Waals surface area contributed by atoms with E-state index in [1.807, 2.05) is 7.05 Å². The van der Waals surface area contributed by atoms with Gasteiger partial charge in [-0.3, -0.25) is 9.59 Å². The van der Waals surface area contributed by atoms with Gasteiger partial charge in [0.15, 0.2) is 0 Å². The molecule has 0 aromatic rings. The molecular formula is C9H15BN2O2. The van der Waals surface area contributed by atoms with E-state index in [0.717, 1.165) is 0 Å². The normalized spacial score (nSPS) is 27.0. The highest BCUT2D eigenvalue weighted by atomic mass is 16.2. The van der Waals surface area contributed by atoms with E-state index in [0.29, 0.717) is 13.0 Å². The van der Waals surface area contributed by atoms with Crippen molar-refractivity contribution in [3.8, 4) is 0 Å². The van der Waals surface area contributed by atoms with Gasteiger partial charge in [0, 0.05) is 18.4 Å². The summed E-state index contributed by atoms with van der Waals surface area (Å²) in [6.45, 7) is 2.35. The predicted molar refractivity (Wildman–Crippen MR) is 54.2 cm³/mol. The largest absolute Gasteiger partial charge is 0.332 e. The first-order valence-electron chi connectivity index (χ1n) is 4.76. The number of rotatable bonds is 4. The Kier molecular flexibility index (Phi) is 3.69.